The molecule has 0 aromatic rings. The minimum Gasteiger partial charge on any atom is -0.462 e. The van der Waals surface area contributed by atoms with E-state index >= 15 is 0 Å². The fourth-order valence-corrected chi connectivity index (χ4v) is 5.08. The van der Waals surface area contributed by atoms with E-state index in [0.717, 1.165) is 12.8 Å². The van der Waals surface area contributed by atoms with Crippen molar-refractivity contribution in [2.75, 3.05) is 27.7 Å². The SMILES string of the molecule is CN[C@@H](CC(C)C)C(=O)N[C@H](C(=O)CCCCCCC(=O)[C@H]([C@@H](OC(C)=O)[C@H](C)C/C=C/COC(C)=O)N(C)C)C(C)C. The van der Waals surface area contributed by atoms with Gasteiger partial charge in [0, 0.05) is 26.7 Å². The number of unbranched alkanes of at least 4 members (excludes halogenated alkanes) is 3. The number of carbonyl (C=O) groups is 5. The molecule has 0 saturated carbocycles. The van der Waals surface area contributed by atoms with E-state index in [1.807, 2.05) is 26.8 Å². The molecular formula is C33H59N3O7. The number of allylic oxidation sites excluding steroid dienone is 1. The van der Waals surface area contributed by atoms with Crippen LogP contribution in [0.2, 0.25) is 0 Å². The molecule has 43 heavy (non-hydrogen) atoms. The summed E-state index contributed by atoms with van der Waals surface area (Å²) in [7, 11) is 5.37. The molecule has 0 fully saturated rings. The number of nitrogens with one attached hydrogen (secondary N) is 2. The van der Waals surface area contributed by atoms with Crippen LogP contribution >= 0.6 is 0 Å². The molecule has 2 N–H and O–H groups in total. The largest absolute Gasteiger partial charge is 0.462 e. The normalized spacial score (nSPS) is 15.3. The molecule has 0 aliphatic heterocycles. The van der Waals surface area contributed by atoms with Crippen LogP contribution in [0.4, 0.5) is 0 Å². The van der Waals surface area contributed by atoms with Gasteiger partial charge in [0.15, 0.2) is 11.6 Å². The highest BCUT2D eigenvalue weighted by atomic mass is 16.5. The average molecular weight is 610 g/mol. The zero-order valence-electron chi connectivity index (χ0n) is 28.4. The molecule has 10 heteroatoms. The van der Waals surface area contributed by atoms with Crippen molar-refractivity contribution in [3.8, 4) is 0 Å². The van der Waals surface area contributed by atoms with E-state index < -0.39 is 24.2 Å². The van der Waals surface area contributed by atoms with Crippen molar-refractivity contribution in [3.05, 3.63) is 12.2 Å². The lowest BCUT2D eigenvalue weighted by atomic mass is 9.89. The Bertz CT molecular complexity index is 901. The van der Waals surface area contributed by atoms with Gasteiger partial charge >= 0.3 is 11.9 Å². The molecule has 0 aromatic carbocycles. The number of amides is 1. The molecule has 0 spiro atoms. The summed E-state index contributed by atoms with van der Waals surface area (Å²) in [6.45, 7) is 12.8. The number of hydrogen-bond donors (Lipinski definition) is 2. The Labute approximate surface area is 260 Å². The first-order valence-electron chi connectivity index (χ1n) is 15.8. The number of rotatable bonds is 23. The van der Waals surface area contributed by atoms with Crippen LogP contribution < -0.4 is 10.6 Å². The predicted molar refractivity (Wildman–Crippen MR) is 169 cm³/mol. The van der Waals surface area contributed by atoms with E-state index in [2.05, 4.69) is 24.5 Å². The first-order chi connectivity index (χ1) is 20.1. The molecule has 0 saturated heterocycles. The Morgan fingerprint density at radius 1 is 0.814 bits per heavy atom. The maximum atomic E-state index is 13.3. The number of ether oxygens (including phenoxy) is 2. The summed E-state index contributed by atoms with van der Waals surface area (Å²) in [6.07, 6.45) is 7.91. The molecule has 0 aliphatic carbocycles. The molecule has 0 rings (SSSR count). The molecule has 0 bridgehead atoms. The van der Waals surface area contributed by atoms with Gasteiger partial charge in [-0.2, -0.15) is 0 Å². The molecule has 0 heterocycles. The smallest absolute Gasteiger partial charge is 0.302 e. The molecular weight excluding hydrogens is 550 g/mol. The van der Waals surface area contributed by atoms with Gasteiger partial charge in [0.1, 0.15) is 18.8 Å². The van der Waals surface area contributed by atoms with Crippen LogP contribution in [0.3, 0.4) is 0 Å². The summed E-state index contributed by atoms with van der Waals surface area (Å²) >= 11 is 0. The van der Waals surface area contributed by atoms with Crippen LogP contribution in [0.25, 0.3) is 0 Å². The van der Waals surface area contributed by atoms with Crippen LogP contribution in [-0.4, -0.2) is 86.3 Å². The summed E-state index contributed by atoms with van der Waals surface area (Å²) in [5.41, 5.74) is 0. The van der Waals surface area contributed by atoms with Crippen LogP contribution in [0.5, 0.6) is 0 Å². The first kappa shape index (κ1) is 40.4. The molecule has 10 nitrogen and oxygen atoms in total. The lowest BCUT2D eigenvalue weighted by Crippen LogP contribution is -2.51. The average Bonchev–Trinajstić information content (AvgIpc) is 2.90. The third kappa shape index (κ3) is 17.3. The Kier molecular flexibility index (Phi) is 20.7. The van der Waals surface area contributed by atoms with Crippen molar-refractivity contribution in [1.29, 1.82) is 0 Å². The number of nitrogens with zero attached hydrogens (tertiary/aromatic N) is 1. The van der Waals surface area contributed by atoms with Crippen molar-refractivity contribution in [2.45, 2.75) is 124 Å². The predicted octanol–water partition coefficient (Wildman–Crippen LogP) is 4.25. The van der Waals surface area contributed by atoms with E-state index in [0.29, 0.717) is 44.4 Å². The molecule has 5 atom stereocenters. The van der Waals surface area contributed by atoms with Gasteiger partial charge in [0.2, 0.25) is 5.91 Å². The molecule has 0 radical (unpaired) electrons. The maximum Gasteiger partial charge on any atom is 0.302 e. The maximum absolute atomic E-state index is 13.3. The van der Waals surface area contributed by atoms with Gasteiger partial charge in [-0.3, -0.25) is 28.9 Å². The standard InChI is InChI=1S/C33H59N3O7/c1-22(2)21-27(34-8)33(41)35-30(23(3)4)28(39)18-13-11-12-14-19-29(40)31(36(9)10)32(43-26(7)38)24(5)17-15-16-20-42-25(6)37/h15-16,22-24,27,30-32,34H,11-14,17-21H2,1-10H3,(H,35,41)/b16-15+/t24-,27+,30+,31-,32+/m1/s1. The Hall–Kier alpha value is -2.59. The Morgan fingerprint density at radius 3 is 1.86 bits per heavy atom. The van der Waals surface area contributed by atoms with Crippen molar-refractivity contribution in [3.63, 3.8) is 0 Å². The molecule has 0 aromatic heterocycles. The van der Waals surface area contributed by atoms with Crippen molar-refractivity contribution >= 4 is 29.4 Å². The fourth-order valence-electron chi connectivity index (χ4n) is 5.08. The minimum atomic E-state index is -0.623. The number of ketones is 2. The highest BCUT2D eigenvalue weighted by molar-refractivity contribution is 5.91. The summed E-state index contributed by atoms with van der Waals surface area (Å²) in [5.74, 6) is -0.691. The van der Waals surface area contributed by atoms with Gasteiger partial charge < -0.3 is 20.1 Å². The Balaban J connectivity index is 4.95. The number of carbonyl (C=O) groups excluding carboxylic acids is 5. The third-order valence-electron chi connectivity index (χ3n) is 7.40. The summed E-state index contributed by atoms with van der Waals surface area (Å²) in [6, 6.07) is -1.44. The lowest BCUT2D eigenvalue weighted by molar-refractivity contribution is -0.155. The second-order valence-corrected chi connectivity index (χ2v) is 12.5. The van der Waals surface area contributed by atoms with Crippen LogP contribution in [0.15, 0.2) is 12.2 Å². The van der Waals surface area contributed by atoms with E-state index in [-0.39, 0.29) is 47.9 Å². The molecule has 0 unspecified atom stereocenters. The van der Waals surface area contributed by atoms with Crippen LogP contribution in [0, 0.1) is 17.8 Å². The lowest BCUT2D eigenvalue weighted by Gasteiger charge is -2.34. The van der Waals surface area contributed by atoms with Crippen molar-refractivity contribution < 1.29 is 33.4 Å². The van der Waals surface area contributed by atoms with E-state index in [1.165, 1.54) is 13.8 Å². The second-order valence-electron chi connectivity index (χ2n) is 12.5. The topological polar surface area (TPSA) is 131 Å². The molecule has 1 amide bonds. The molecule has 248 valence electrons. The highest BCUT2D eigenvalue weighted by Crippen LogP contribution is 2.22. The number of likely N-dealkylation sites (N-methyl/N-ethyl adjacent to an activating group) is 2. The van der Waals surface area contributed by atoms with Crippen molar-refractivity contribution in [1.82, 2.24) is 15.5 Å². The Morgan fingerprint density at radius 2 is 1.40 bits per heavy atom. The second kappa shape index (κ2) is 22.0. The summed E-state index contributed by atoms with van der Waals surface area (Å²) in [5, 5.41) is 6.01. The number of Topliss-reactive ketones (excluding diaryl/α,β-unsaturated/α-hetero) is 2. The summed E-state index contributed by atoms with van der Waals surface area (Å²) < 4.78 is 10.5. The monoisotopic (exact) mass is 609 g/mol. The third-order valence-corrected chi connectivity index (χ3v) is 7.40. The van der Waals surface area contributed by atoms with Gasteiger partial charge in [0.25, 0.3) is 0 Å². The first-order valence-corrected chi connectivity index (χ1v) is 15.8. The highest BCUT2D eigenvalue weighted by Gasteiger charge is 2.35. The fraction of sp³-hybridized carbons (Fsp3) is 0.788. The van der Waals surface area contributed by atoms with E-state index in [1.54, 1.807) is 32.1 Å². The zero-order chi connectivity index (χ0) is 33.1. The van der Waals surface area contributed by atoms with Gasteiger partial charge in [-0.15, -0.1) is 0 Å². The van der Waals surface area contributed by atoms with Gasteiger partial charge in [-0.05, 0) is 64.6 Å². The quantitative estimate of drug-likeness (QED) is 0.0992. The molecule has 0 aliphatic rings. The van der Waals surface area contributed by atoms with Crippen LogP contribution in [-0.2, 0) is 33.4 Å². The zero-order valence-corrected chi connectivity index (χ0v) is 28.4. The van der Waals surface area contributed by atoms with Gasteiger partial charge in [-0.25, -0.2) is 0 Å². The van der Waals surface area contributed by atoms with E-state index in [9.17, 15) is 24.0 Å². The number of hydrogen-bond acceptors (Lipinski definition) is 9. The van der Waals surface area contributed by atoms with Gasteiger partial charge in [0.05, 0.1) is 12.1 Å². The van der Waals surface area contributed by atoms with Crippen LogP contribution in [0.1, 0.15) is 99.8 Å². The van der Waals surface area contributed by atoms with E-state index in [4.69, 9.17) is 9.47 Å². The van der Waals surface area contributed by atoms with Crippen molar-refractivity contribution in [2.24, 2.45) is 17.8 Å². The summed E-state index contributed by atoms with van der Waals surface area (Å²) in [4.78, 5) is 63.7. The minimum absolute atomic E-state index is 0.00568. The van der Waals surface area contributed by atoms with Gasteiger partial charge in [-0.1, -0.05) is 59.6 Å². The number of esters is 2.